The number of hydrogen-bond acceptors (Lipinski definition) is 6. The van der Waals surface area contributed by atoms with Gasteiger partial charge in [0.1, 0.15) is 0 Å². The minimum Gasteiger partial charge on any atom is -0.324 e. The topological polar surface area (TPSA) is 116 Å². The first-order valence-corrected chi connectivity index (χ1v) is 12.1. The maximum Gasteiger partial charge on any atom is 0.282 e. The maximum absolute atomic E-state index is 13.0. The first-order chi connectivity index (χ1) is 14.7. The average molecular weight is 454 g/mol. The van der Waals surface area contributed by atoms with Gasteiger partial charge in [0.05, 0.1) is 22.7 Å². The predicted molar refractivity (Wildman–Crippen MR) is 118 cm³/mol. The standard InChI is InChI=1S/C20H31N5O5S/c1-16-18(9-6-10-19(16)25(27)28)21-20(26)15-23-11-13-24(14-12-23)31(29,30)22(2)17-7-4-3-5-8-17/h6,9-10,17H,3-5,7-8,11-15H2,1-2H3,(H,21,26). The second kappa shape index (κ2) is 10.0. The first kappa shape index (κ1) is 23.6. The molecule has 1 aliphatic heterocycles. The highest BCUT2D eigenvalue weighted by molar-refractivity contribution is 7.86. The number of amides is 1. The molecule has 1 saturated heterocycles. The number of benzene rings is 1. The van der Waals surface area contributed by atoms with E-state index in [1.807, 2.05) is 4.90 Å². The summed E-state index contributed by atoms with van der Waals surface area (Å²) in [7, 11) is -1.83. The zero-order valence-corrected chi connectivity index (χ0v) is 18.9. The van der Waals surface area contributed by atoms with Crippen molar-refractivity contribution in [3.8, 4) is 0 Å². The van der Waals surface area contributed by atoms with Crippen molar-refractivity contribution >= 4 is 27.5 Å². The average Bonchev–Trinajstić information content (AvgIpc) is 2.75. The van der Waals surface area contributed by atoms with Crippen LogP contribution in [0.1, 0.15) is 37.7 Å². The van der Waals surface area contributed by atoms with E-state index in [9.17, 15) is 23.3 Å². The summed E-state index contributed by atoms with van der Waals surface area (Å²) in [5, 5.41) is 13.8. The van der Waals surface area contributed by atoms with E-state index in [0.717, 1.165) is 25.7 Å². The number of hydrogen-bond donors (Lipinski definition) is 1. The summed E-state index contributed by atoms with van der Waals surface area (Å²) >= 11 is 0. The molecule has 1 N–H and O–H groups in total. The van der Waals surface area contributed by atoms with Crippen molar-refractivity contribution < 1.29 is 18.1 Å². The monoisotopic (exact) mass is 453 g/mol. The lowest BCUT2D eigenvalue weighted by Crippen LogP contribution is -2.55. The highest BCUT2D eigenvalue weighted by Gasteiger charge is 2.34. The van der Waals surface area contributed by atoms with Gasteiger partial charge in [-0.25, -0.2) is 0 Å². The molecule has 2 fully saturated rings. The van der Waals surface area contributed by atoms with Crippen molar-refractivity contribution in [2.75, 3.05) is 45.1 Å². The van der Waals surface area contributed by atoms with E-state index in [-0.39, 0.29) is 24.2 Å². The molecule has 3 rings (SSSR count). The Morgan fingerprint density at radius 3 is 2.45 bits per heavy atom. The molecule has 0 bridgehead atoms. The lowest BCUT2D eigenvalue weighted by Gasteiger charge is -2.38. The summed E-state index contributed by atoms with van der Waals surface area (Å²) < 4.78 is 29.0. The molecule has 1 aromatic rings. The molecule has 1 aliphatic carbocycles. The third-order valence-electron chi connectivity index (χ3n) is 6.25. The van der Waals surface area contributed by atoms with Crippen molar-refractivity contribution in [1.82, 2.24) is 13.5 Å². The number of piperazine rings is 1. The molecular weight excluding hydrogens is 422 g/mol. The molecule has 10 nitrogen and oxygen atoms in total. The Morgan fingerprint density at radius 1 is 1.19 bits per heavy atom. The highest BCUT2D eigenvalue weighted by Crippen LogP contribution is 2.26. The Bertz CT molecular complexity index is 909. The Balaban J connectivity index is 1.52. The van der Waals surface area contributed by atoms with Crippen LogP contribution in [0.15, 0.2) is 18.2 Å². The van der Waals surface area contributed by atoms with Gasteiger partial charge in [-0.05, 0) is 25.8 Å². The van der Waals surface area contributed by atoms with Crippen molar-refractivity contribution in [3.63, 3.8) is 0 Å². The summed E-state index contributed by atoms with van der Waals surface area (Å²) in [4.78, 5) is 24.9. The summed E-state index contributed by atoms with van der Waals surface area (Å²) in [6.45, 7) is 3.29. The number of rotatable bonds is 7. The summed E-state index contributed by atoms with van der Waals surface area (Å²) in [5.41, 5.74) is 0.774. The third kappa shape index (κ3) is 5.59. The number of nitrogens with one attached hydrogen (secondary N) is 1. The molecular formula is C20H31N5O5S. The zero-order valence-electron chi connectivity index (χ0n) is 18.1. The molecule has 1 saturated carbocycles. The fraction of sp³-hybridized carbons (Fsp3) is 0.650. The minimum absolute atomic E-state index is 0.0429. The van der Waals surface area contributed by atoms with Gasteiger partial charge < -0.3 is 5.32 Å². The van der Waals surface area contributed by atoms with Gasteiger partial charge >= 0.3 is 0 Å². The molecule has 11 heteroatoms. The second-order valence-electron chi connectivity index (χ2n) is 8.25. The minimum atomic E-state index is -3.51. The van der Waals surface area contributed by atoms with Crippen molar-refractivity contribution in [2.24, 2.45) is 0 Å². The van der Waals surface area contributed by atoms with Gasteiger partial charge in [-0.3, -0.25) is 19.8 Å². The van der Waals surface area contributed by atoms with E-state index in [4.69, 9.17) is 0 Å². The summed E-state index contributed by atoms with van der Waals surface area (Å²) in [5.74, 6) is -0.278. The Kier molecular flexibility index (Phi) is 7.63. The van der Waals surface area contributed by atoms with Gasteiger partial charge in [-0.2, -0.15) is 17.0 Å². The van der Waals surface area contributed by atoms with E-state index in [0.29, 0.717) is 37.4 Å². The smallest absolute Gasteiger partial charge is 0.282 e. The number of carbonyl (C=O) groups excluding carboxylic acids is 1. The number of carbonyl (C=O) groups is 1. The fourth-order valence-corrected chi connectivity index (χ4v) is 5.86. The molecule has 1 heterocycles. The van der Waals surface area contributed by atoms with Crippen LogP contribution in [0.25, 0.3) is 0 Å². The molecule has 1 amide bonds. The SMILES string of the molecule is Cc1c(NC(=O)CN2CCN(S(=O)(=O)N(C)C3CCCCC3)CC2)cccc1[N+](=O)[O-]. The van der Waals surface area contributed by atoms with E-state index >= 15 is 0 Å². The van der Waals surface area contributed by atoms with Gasteiger partial charge in [-0.15, -0.1) is 0 Å². The highest BCUT2D eigenvalue weighted by atomic mass is 32.2. The lowest BCUT2D eigenvalue weighted by atomic mass is 9.96. The van der Waals surface area contributed by atoms with Crippen LogP contribution >= 0.6 is 0 Å². The maximum atomic E-state index is 13.0. The molecule has 31 heavy (non-hydrogen) atoms. The van der Waals surface area contributed by atoms with E-state index < -0.39 is 15.1 Å². The lowest BCUT2D eigenvalue weighted by molar-refractivity contribution is -0.385. The van der Waals surface area contributed by atoms with Crippen LogP contribution in [0, 0.1) is 17.0 Å². The molecule has 2 aliphatic rings. The summed E-state index contributed by atoms with van der Waals surface area (Å²) in [6, 6.07) is 4.63. The normalized spacial score (nSPS) is 19.5. The fourth-order valence-electron chi connectivity index (χ4n) is 4.28. The van der Waals surface area contributed by atoms with E-state index in [1.54, 1.807) is 20.0 Å². The Labute approximate surface area is 183 Å². The molecule has 0 radical (unpaired) electrons. The quantitative estimate of drug-likeness (QED) is 0.498. The third-order valence-corrected chi connectivity index (χ3v) is 8.30. The van der Waals surface area contributed by atoms with Crippen molar-refractivity contribution in [2.45, 2.75) is 45.1 Å². The first-order valence-electron chi connectivity index (χ1n) is 10.7. The van der Waals surface area contributed by atoms with Crippen molar-refractivity contribution in [1.29, 1.82) is 0 Å². The van der Waals surface area contributed by atoms with Gasteiger partial charge in [0.2, 0.25) is 5.91 Å². The van der Waals surface area contributed by atoms with E-state index in [1.165, 1.54) is 27.2 Å². The van der Waals surface area contributed by atoms with Gasteiger partial charge in [0.25, 0.3) is 15.9 Å². The molecule has 1 aromatic carbocycles. The van der Waals surface area contributed by atoms with Crippen LogP contribution in [-0.4, -0.2) is 78.6 Å². The number of anilines is 1. The largest absolute Gasteiger partial charge is 0.324 e. The van der Waals surface area contributed by atoms with Crippen LogP contribution < -0.4 is 5.32 Å². The Morgan fingerprint density at radius 2 is 1.84 bits per heavy atom. The number of nitro benzene ring substituents is 1. The van der Waals surface area contributed by atoms with Crippen molar-refractivity contribution in [3.05, 3.63) is 33.9 Å². The zero-order chi connectivity index (χ0) is 22.6. The molecule has 0 spiro atoms. The van der Waals surface area contributed by atoms with Gasteiger partial charge in [-0.1, -0.05) is 25.3 Å². The van der Waals surface area contributed by atoms with Gasteiger partial charge in [0.15, 0.2) is 0 Å². The van der Waals surface area contributed by atoms with Crippen LogP contribution in [0.5, 0.6) is 0 Å². The number of nitrogens with zero attached hydrogens (tertiary/aromatic N) is 4. The summed E-state index contributed by atoms with van der Waals surface area (Å²) in [6.07, 6.45) is 5.12. The molecule has 172 valence electrons. The second-order valence-corrected chi connectivity index (χ2v) is 10.2. The Hall–Kier alpha value is -2.08. The number of nitro groups is 1. The molecule has 0 unspecified atom stereocenters. The van der Waals surface area contributed by atoms with Crippen LogP contribution in [-0.2, 0) is 15.0 Å². The van der Waals surface area contributed by atoms with E-state index in [2.05, 4.69) is 5.32 Å². The molecule has 0 atom stereocenters. The van der Waals surface area contributed by atoms with Crippen LogP contribution in [0.2, 0.25) is 0 Å². The van der Waals surface area contributed by atoms with Crippen LogP contribution in [0.4, 0.5) is 11.4 Å². The predicted octanol–water partition coefficient (Wildman–Crippen LogP) is 1.97. The van der Waals surface area contributed by atoms with Gasteiger partial charge in [0, 0.05) is 45.3 Å². The molecule has 0 aromatic heterocycles. The van der Waals surface area contributed by atoms with Crippen LogP contribution in [0.3, 0.4) is 0 Å².